The zero-order valence-corrected chi connectivity index (χ0v) is 15.3. The number of nitrogens with zero attached hydrogens (tertiary/aromatic N) is 1. The minimum absolute atomic E-state index is 0.0327. The molecule has 1 amide bonds. The van der Waals surface area contributed by atoms with Crippen molar-refractivity contribution in [3.8, 4) is 0 Å². The van der Waals surface area contributed by atoms with E-state index in [0.29, 0.717) is 0 Å². The van der Waals surface area contributed by atoms with Crippen LogP contribution in [0.1, 0.15) is 23.7 Å². The average molecular weight is 455 g/mol. The van der Waals surface area contributed by atoms with Crippen LogP contribution in [0.5, 0.6) is 0 Å². The first-order valence-electron chi connectivity index (χ1n) is 7.61. The number of ether oxygens (including phenoxy) is 2. The predicted molar refractivity (Wildman–Crippen MR) is 88.2 cm³/mol. The van der Waals surface area contributed by atoms with Gasteiger partial charge in [-0.1, -0.05) is 15.9 Å². The van der Waals surface area contributed by atoms with Gasteiger partial charge in [-0.2, -0.15) is 13.2 Å². The maximum absolute atomic E-state index is 12.5. The van der Waals surface area contributed by atoms with Crippen LogP contribution in [0.2, 0.25) is 0 Å². The Hall–Kier alpha value is -2.21. The van der Waals surface area contributed by atoms with Crippen LogP contribution in [0.15, 0.2) is 24.3 Å². The second-order valence-corrected chi connectivity index (χ2v) is 6.76. The fourth-order valence-corrected chi connectivity index (χ4v) is 3.25. The number of esters is 1. The molecule has 1 N–H and O–H groups in total. The lowest BCUT2D eigenvalue weighted by Crippen LogP contribution is -2.57. The molecule has 0 radical (unpaired) electrons. The molecule has 27 heavy (non-hydrogen) atoms. The summed E-state index contributed by atoms with van der Waals surface area (Å²) in [6, 6.07) is 3.36. The highest BCUT2D eigenvalue weighted by Crippen LogP contribution is 2.28. The third-order valence-corrected chi connectivity index (χ3v) is 4.38. The highest BCUT2D eigenvalue weighted by molar-refractivity contribution is 9.09. The van der Waals surface area contributed by atoms with Gasteiger partial charge in [0.2, 0.25) is 0 Å². The molecule has 1 aliphatic rings. The van der Waals surface area contributed by atoms with E-state index in [0.717, 1.165) is 24.3 Å². The number of benzene rings is 1. The van der Waals surface area contributed by atoms with E-state index in [9.17, 15) is 32.9 Å². The number of nitro benzene ring substituents is 1. The summed E-state index contributed by atoms with van der Waals surface area (Å²) in [7, 11) is 0. The first kappa shape index (κ1) is 21.1. The summed E-state index contributed by atoms with van der Waals surface area (Å²) in [5, 5.41) is 11.8. The number of hydrogen-bond donors (Lipinski definition) is 1. The number of hydrogen-bond acceptors (Lipinski definition) is 6. The number of alkyl halides is 4. The Morgan fingerprint density at radius 2 is 1.93 bits per heavy atom. The smallest absolute Gasteiger partial charge is 0.454 e. The lowest BCUT2D eigenvalue weighted by molar-refractivity contribution is -0.384. The van der Waals surface area contributed by atoms with E-state index in [1.807, 2.05) is 5.32 Å². The quantitative estimate of drug-likeness (QED) is 0.324. The molecule has 1 saturated heterocycles. The Labute approximate surface area is 159 Å². The summed E-state index contributed by atoms with van der Waals surface area (Å²) in [4.78, 5) is 33.5. The minimum atomic E-state index is -5.09. The normalized spacial score (nSPS) is 25.5. The number of nitrogens with one attached hydrogen (secondary N) is 1. The Kier molecular flexibility index (Phi) is 6.42. The van der Waals surface area contributed by atoms with Crippen LogP contribution in [0.25, 0.3) is 0 Å². The number of non-ortho nitro benzene ring substituents is 1. The standard InChI is InChI=1S/C15H14BrF3N2O6/c1-7-12(10(6-11(16)26-7)20-14(23)15(17,18)19)27-13(22)8-2-4-9(5-3-8)21(24)25/h2-5,7,10-12H,6H2,1H3,(H,20,23)/t7-,10+,11+,12+/m1/s1. The molecule has 4 atom stereocenters. The molecule has 2 rings (SSSR count). The average Bonchev–Trinajstić information content (AvgIpc) is 2.56. The Morgan fingerprint density at radius 3 is 2.44 bits per heavy atom. The molecule has 0 aromatic heterocycles. The highest BCUT2D eigenvalue weighted by atomic mass is 79.9. The van der Waals surface area contributed by atoms with Gasteiger partial charge in [0.25, 0.3) is 5.69 Å². The fourth-order valence-electron chi connectivity index (χ4n) is 2.51. The summed E-state index contributed by atoms with van der Waals surface area (Å²) in [6.45, 7) is 1.48. The monoisotopic (exact) mass is 454 g/mol. The van der Waals surface area contributed by atoms with Crippen LogP contribution in [0.3, 0.4) is 0 Å². The number of rotatable bonds is 4. The molecule has 8 nitrogen and oxygen atoms in total. The summed E-state index contributed by atoms with van der Waals surface area (Å²) >= 11 is 3.11. The highest BCUT2D eigenvalue weighted by Gasteiger charge is 2.45. The van der Waals surface area contributed by atoms with E-state index in [-0.39, 0.29) is 17.7 Å². The number of halogens is 4. The van der Waals surface area contributed by atoms with Crippen LogP contribution < -0.4 is 5.32 Å². The molecule has 1 aromatic rings. The molecule has 1 aromatic carbocycles. The molecular formula is C15H14BrF3N2O6. The first-order chi connectivity index (χ1) is 12.5. The van der Waals surface area contributed by atoms with Gasteiger partial charge in [-0.25, -0.2) is 4.79 Å². The maximum atomic E-state index is 12.5. The summed E-state index contributed by atoms with van der Waals surface area (Å²) in [5.74, 6) is -3.07. The number of amides is 1. The van der Waals surface area contributed by atoms with E-state index in [2.05, 4.69) is 15.9 Å². The molecular weight excluding hydrogens is 441 g/mol. The molecule has 0 unspecified atom stereocenters. The van der Waals surface area contributed by atoms with Crippen LogP contribution in [-0.4, -0.2) is 46.2 Å². The zero-order chi connectivity index (χ0) is 20.4. The second-order valence-electron chi connectivity index (χ2n) is 5.74. The van der Waals surface area contributed by atoms with Gasteiger partial charge in [-0.05, 0) is 19.1 Å². The molecule has 0 bridgehead atoms. The molecule has 12 heteroatoms. The Morgan fingerprint density at radius 1 is 1.33 bits per heavy atom. The molecule has 0 spiro atoms. The third kappa shape index (κ3) is 5.39. The van der Waals surface area contributed by atoms with Crippen molar-refractivity contribution < 1.29 is 37.2 Å². The molecule has 148 valence electrons. The van der Waals surface area contributed by atoms with Gasteiger partial charge >= 0.3 is 18.1 Å². The minimum Gasteiger partial charge on any atom is -0.454 e. The van der Waals surface area contributed by atoms with Crippen molar-refractivity contribution >= 4 is 33.5 Å². The van der Waals surface area contributed by atoms with Crippen molar-refractivity contribution in [1.82, 2.24) is 5.32 Å². The SMILES string of the molecule is C[C@H]1O[C@H](Br)C[C@H](NC(=O)C(F)(F)F)[C@H]1OC(=O)c1ccc([N+](=O)[O-])cc1. The maximum Gasteiger partial charge on any atom is 0.471 e. The molecule has 1 aliphatic heterocycles. The fraction of sp³-hybridized carbons (Fsp3) is 0.467. The van der Waals surface area contributed by atoms with Gasteiger partial charge in [-0.3, -0.25) is 14.9 Å². The number of nitro groups is 1. The van der Waals surface area contributed by atoms with Gasteiger partial charge in [0, 0.05) is 18.6 Å². The number of carbonyl (C=O) groups excluding carboxylic acids is 2. The van der Waals surface area contributed by atoms with Gasteiger partial charge in [0.15, 0.2) is 0 Å². The van der Waals surface area contributed by atoms with Crippen molar-refractivity contribution in [2.45, 2.75) is 42.8 Å². The molecule has 1 fully saturated rings. The lowest BCUT2D eigenvalue weighted by Gasteiger charge is -2.38. The van der Waals surface area contributed by atoms with E-state index >= 15 is 0 Å². The summed E-state index contributed by atoms with van der Waals surface area (Å²) in [6.07, 6.45) is -7.16. The van der Waals surface area contributed by atoms with E-state index < -0.39 is 46.2 Å². The van der Waals surface area contributed by atoms with Crippen molar-refractivity contribution in [3.05, 3.63) is 39.9 Å². The van der Waals surface area contributed by atoms with Crippen LogP contribution in [-0.2, 0) is 14.3 Å². The topological polar surface area (TPSA) is 108 Å². The van der Waals surface area contributed by atoms with Gasteiger partial charge < -0.3 is 14.8 Å². The number of carbonyl (C=O) groups is 2. The molecule has 0 aliphatic carbocycles. The lowest BCUT2D eigenvalue weighted by atomic mass is 10.00. The van der Waals surface area contributed by atoms with Crippen LogP contribution >= 0.6 is 15.9 Å². The van der Waals surface area contributed by atoms with Crippen molar-refractivity contribution in [2.24, 2.45) is 0 Å². The summed E-state index contributed by atoms with van der Waals surface area (Å²) < 4.78 is 48.2. The van der Waals surface area contributed by atoms with E-state index in [1.54, 1.807) is 0 Å². The van der Waals surface area contributed by atoms with E-state index in [4.69, 9.17) is 9.47 Å². The van der Waals surface area contributed by atoms with Gasteiger partial charge in [-0.15, -0.1) is 0 Å². The van der Waals surface area contributed by atoms with E-state index in [1.165, 1.54) is 6.92 Å². The van der Waals surface area contributed by atoms with Crippen LogP contribution in [0.4, 0.5) is 18.9 Å². The van der Waals surface area contributed by atoms with Crippen molar-refractivity contribution in [2.75, 3.05) is 0 Å². The third-order valence-electron chi connectivity index (χ3n) is 3.79. The Bertz CT molecular complexity index is 727. The first-order valence-corrected chi connectivity index (χ1v) is 8.53. The zero-order valence-electron chi connectivity index (χ0n) is 13.7. The van der Waals surface area contributed by atoms with Gasteiger partial charge in [0.05, 0.1) is 22.6 Å². The predicted octanol–water partition coefficient (Wildman–Crippen LogP) is 2.70. The van der Waals surface area contributed by atoms with Crippen LogP contribution in [0, 0.1) is 10.1 Å². The molecule has 1 heterocycles. The summed E-state index contributed by atoms with van der Waals surface area (Å²) in [5.41, 5.74) is -0.270. The molecule has 0 saturated carbocycles. The second kappa shape index (κ2) is 8.21. The van der Waals surface area contributed by atoms with Crippen molar-refractivity contribution in [1.29, 1.82) is 0 Å². The van der Waals surface area contributed by atoms with Gasteiger partial charge in [0.1, 0.15) is 11.1 Å². The largest absolute Gasteiger partial charge is 0.471 e. The van der Waals surface area contributed by atoms with Crippen molar-refractivity contribution in [3.63, 3.8) is 0 Å². The Balaban J connectivity index is 2.15.